The molecule has 2 aromatic rings. The first-order chi connectivity index (χ1) is 9.85. The Balaban J connectivity index is 2.21. The number of carbonyl (C=O) groups excluding carboxylic acids is 1. The molecule has 5 nitrogen and oxygen atoms in total. The van der Waals surface area contributed by atoms with Crippen molar-refractivity contribution in [2.45, 2.75) is 6.16 Å². The summed E-state index contributed by atoms with van der Waals surface area (Å²) in [5.41, 5.74) is 1.26. The molecule has 0 saturated heterocycles. The van der Waals surface area contributed by atoms with Crippen molar-refractivity contribution in [3.63, 3.8) is 0 Å². The molecule has 2 rings (SSSR count). The number of amides is 1. The minimum absolute atomic E-state index is 0.333. The summed E-state index contributed by atoms with van der Waals surface area (Å²) in [6.45, 7) is 0. The highest BCUT2D eigenvalue weighted by Gasteiger charge is 2.17. The van der Waals surface area contributed by atoms with Gasteiger partial charge in [-0.3, -0.25) is 9.36 Å². The number of benzene rings is 2. The average molecular weight is 370 g/mol. The van der Waals surface area contributed by atoms with Gasteiger partial charge in [0.15, 0.2) is 0 Å². The van der Waals surface area contributed by atoms with Gasteiger partial charge in [0, 0.05) is 15.7 Å². The van der Waals surface area contributed by atoms with Gasteiger partial charge >= 0.3 is 7.60 Å². The second-order valence-corrected chi connectivity index (χ2v) is 7.00. The molecule has 0 fully saturated rings. The third-order valence-corrected chi connectivity index (χ3v) is 4.03. The summed E-state index contributed by atoms with van der Waals surface area (Å²) in [5, 5.41) is 2.67. The van der Waals surface area contributed by atoms with E-state index >= 15 is 0 Å². The summed E-state index contributed by atoms with van der Waals surface area (Å²) in [4.78, 5) is 30.3. The Kier molecular flexibility index (Phi) is 4.96. The molecular weight excluding hydrogens is 357 g/mol. The van der Waals surface area contributed by atoms with Crippen molar-refractivity contribution in [2.24, 2.45) is 0 Å². The number of hydrogen-bond acceptors (Lipinski definition) is 2. The zero-order chi connectivity index (χ0) is 15.5. The first kappa shape index (κ1) is 15.9. The summed E-state index contributed by atoms with van der Waals surface area (Å²) in [6, 6.07) is 13.4. The highest BCUT2D eigenvalue weighted by Crippen LogP contribution is 2.40. The van der Waals surface area contributed by atoms with E-state index in [-0.39, 0.29) is 5.91 Å². The SMILES string of the molecule is O=C(Nc1ccccc1CP(=O)(O)O)c1ccc(Br)cc1. The van der Waals surface area contributed by atoms with Crippen LogP contribution in [0.2, 0.25) is 0 Å². The van der Waals surface area contributed by atoms with Crippen LogP contribution in [-0.2, 0) is 10.7 Å². The molecule has 2 aromatic carbocycles. The average Bonchev–Trinajstić information content (AvgIpc) is 2.40. The Labute approximate surface area is 130 Å². The van der Waals surface area contributed by atoms with Crippen LogP contribution in [0.25, 0.3) is 0 Å². The molecule has 21 heavy (non-hydrogen) atoms. The standard InChI is InChI=1S/C14H13BrNO4P/c15-12-7-5-10(6-8-12)14(17)16-13-4-2-1-3-11(13)9-21(18,19)20/h1-8H,9H2,(H,16,17)(H2,18,19,20). The summed E-state index contributed by atoms with van der Waals surface area (Å²) < 4.78 is 12.0. The highest BCUT2D eigenvalue weighted by molar-refractivity contribution is 9.10. The molecule has 0 aliphatic carbocycles. The topological polar surface area (TPSA) is 86.6 Å². The van der Waals surface area contributed by atoms with Gasteiger partial charge in [-0.25, -0.2) is 0 Å². The molecule has 110 valence electrons. The molecule has 0 saturated carbocycles. The van der Waals surface area contributed by atoms with E-state index in [9.17, 15) is 9.36 Å². The number of halogens is 1. The molecule has 0 radical (unpaired) electrons. The Morgan fingerprint density at radius 1 is 1.10 bits per heavy atom. The summed E-state index contributed by atoms with van der Waals surface area (Å²) in [6.07, 6.45) is -0.413. The first-order valence-corrected chi connectivity index (χ1v) is 8.63. The van der Waals surface area contributed by atoms with Crippen LogP contribution in [0.15, 0.2) is 53.0 Å². The van der Waals surface area contributed by atoms with Crippen molar-refractivity contribution < 1.29 is 19.1 Å². The van der Waals surface area contributed by atoms with Crippen LogP contribution in [0, 0.1) is 0 Å². The van der Waals surface area contributed by atoms with Gasteiger partial charge in [0.25, 0.3) is 5.91 Å². The van der Waals surface area contributed by atoms with Gasteiger partial charge in [-0.05, 0) is 35.9 Å². The Hall–Kier alpha value is -1.46. The van der Waals surface area contributed by atoms with Crippen molar-refractivity contribution in [1.82, 2.24) is 0 Å². The minimum Gasteiger partial charge on any atom is -0.324 e. The maximum atomic E-state index is 12.1. The highest BCUT2D eigenvalue weighted by atomic mass is 79.9. The van der Waals surface area contributed by atoms with Gasteiger partial charge in [0.2, 0.25) is 0 Å². The van der Waals surface area contributed by atoms with Crippen molar-refractivity contribution in [3.05, 3.63) is 64.1 Å². The van der Waals surface area contributed by atoms with Crippen LogP contribution >= 0.6 is 23.5 Å². The number of hydrogen-bond donors (Lipinski definition) is 3. The smallest absolute Gasteiger partial charge is 0.324 e. The molecule has 0 aliphatic rings. The molecular formula is C14H13BrNO4P. The molecule has 7 heteroatoms. The van der Waals surface area contributed by atoms with Gasteiger partial charge in [-0.1, -0.05) is 34.1 Å². The molecule has 0 heterocycles. The lowest BCUT2D eigenvalue weighted by Crippen LogP contribution is -2.13. The van der Waals surface area contributed by atoms with E-state index in [1.54, 1.807) is 48.5 Å². The largest absolute Gasteiger partial charge is 0.329 e. The number of nitrogens with one attached hydrogen (secondary N) is 1. The predicted octanol–water partition coefficient (Wildman–Crippen LogP) is 3.38. The second kappa shape index (κ2) is 6.54. The lowest BCUT2D eigenvalue weighted by molar-refractivity contribution is 0.102. The fraction of sp³-hybridized carbons (Fsp3) is 0.0714. The van der Waals surface area contributed by atoms with Crippen molar-refractivity contribution in [1.29, 1.82) is 0 Å². The Bertz CT molecular complexity index is 696. The molecule has 0 aromatic heterocycles. The minimum atomic E-state index is -4.19. The van der Waals surface area contributed by atoms with Crippen LogP contribution in [0.1, 0.15) is 15.9 Å². The zero-order valence-corrected chi connectivity index (χ0v) is 13.3. The molecule has 1 amide bonds. The summed E-state index contributed by atoms with van der Waals surface area (Å²) >= 11 is 3.29. The van der Waals surface area contributed by atoms with Gasteiger partial charge in [-0.2, -0.15) is 0 Å². The second-order valence-electron chi connectivity index (χ2n) is 4.44. The van der Waals surface area contributed by atoms with Gasteiger partial charge in [0.05, 0.1) is 6.16 Å². The van der Waals surface area contributed by atoms with E-state index < -0.39 is 13.8 Å². The monoisotopic (exact) mass is 369 g/mol. The summed E-state index contributed by atoms with van der Waals surface area (Å²) in [7, 11) is -4.19. The van der Waals surface area contributed by atoms with Crippen LogP contribution in [0.4, 0.5) is 5.69 Å². The molecule has 0 unspecified atom stereocenters. The Morgan fingerprint density at radius 3 is 2.33 bits per heavy atom. The third kappa shape index (κ3) is 4.79. The zero-order valence-electron chi connectivity index (χ0n) is 10.9. The van der Waals surface area contributed by atoms with Crippen LogP contribution in [0.5, 0.6) is 0 Å². The number of carbonyl (C=O) groups is 1. The number of rotatable bonds is 4. The lowest BCUT2D eigenvalue weighted by atomic mass is 10.1. The van der Waals surface area contributed by atoms with Gasteiger partial charge in [-0.15, -0.1) is 0 Å². The predicted molar refractivity (Wildman–Crippen MR) is 84.3 cm³/mol. The van der Waals surface area contributed by atoms with E-state index in [1.807, 2.05) is 0 Å². The maximum Gasteiger partial charge on any atom is 0.329 e. The number of para-hydroxylation sites is 1. The maximum absolute atomic E-state index is 12.1. The van der Waals surface area contributed by atoms with E-state index in [0.29, 0.717) is 16.8 Å². The molecule has 3 N–H and O–H groups in total. The van der Waals surface area contributed by atoms with Crippen molar-refractivity contribution in [2.75, 3.05) is 5.32 Å². The van der Waals surface area contributed by atoms with Gasteiger partial charge < -0.3 is 15.1 Å². The Morgan fingerprint density at radius 2 is 1.71 bits per heavy atom. The first-order valence-electron chi connectivity index (χ1n) is 6.04. The number of anilines is 1. The quantitative estimate of drug-likeness (QED) is 0.721. The normalized spacial score (nSPS) is 11.2. The fourth-order valence-electron chi connectivity index (χ4n) is 1.80. The van der Waals surface area contributed by atoms with E-state index in [1.165, 1.54) is 0 Å². The van der Waals surface area contributed by atoms with Gasteiger partial charge in [0.1, 0.15) is 0 Å². The van der Waals surface area contributed by atoms with Crippen LogP contribution < -0.4 is 5.32 Å². The third-order valence-electron chi connectivity index (χ3n) is 2.75. The van der Waals surface area contributed by atoms with E-state index in [4.69, 9.17) is 9.79 Å². The van der Waals surface area contributed by atoms with Crippen LogP contribution in [-0.4, -0.2) is 15.7 Å². The molecule has 0 spiro atoms. The molecule has 0 bridgehead atoms. The van der Waals surface area contributed by atoms with Crippen molar-refractivity contribution in [3.8, 4) is 0 Å². The lowest BCUT2D eigenvalue weighted by Gasteiger charge is -2.12. The van der Waals surface area contributed by atoms with Crippen LogP contribution in [0.3, 0.4) is 0 Å². The van der Waals surface area contributed by atoms with Crippen molar-refractivity contribution >= 4 is 35.1 Å². The summed E-state index contributed by atoms with van der Waals surface area (Å²) in [5.74, 6) is -0.333. The molecule has 0 aliphatic heterocycles. The molecule has 0 atom stereocenters. The fourth-order valence-corrected chi connectivity index (χ4v) is 2.78. The van der Waals surface area contributed by atoms with E-state index in [2.05, 4.69) is 21.2 Å². The van der Waals surface area contributed by atoms with E-state index in [0.717, 1.165) is 4.47 Å².